The van der Waals surface area contributed by atoms with Crippen LogP contribution < -0.4 is 11.1 Å². The molecule has 0 radical (unpaired) electrons. The number of hydrogen-bond acceptors (Lipinski definition) is 6. The number of nitriles is 1. The second kappa shape index (κ2) is 9.89. The smallest absolute Gasteiger partial charge is 0.211 e. The van der Waals surface area contributed by atoms with Gasteiger partial charge in [-0.1, -0.05) is 17.8 Å². The van der Waals surface area contributed by atoms with E-state index in [1.54, 1.807) is 18.5 Å². The normalized spacial score (nSPS) is 10.5. The van der Waals surface area contributed by atoms with Crippen LogP contribution in [-0.4, -0.2) is 27.8 Å². The maximum atomic E-state index is 10.4. The molecule has 0 bridgehead atoms. The van der Waals surface area contributed by atoms with Crippen LogP contribution in [0.4, 0.5) is 11.4 Å². The van der Waals surface area contributed by atoms with Gasteiger partial charge in [0.05, 0.1) is 28.7 Å². The Morgan fingerprint density at radius 2 is 2.11 bits per heavy atom. The first-order valence-corrected chi connectivity index (χ1v) is 9.09. The number of aliphatic imine (C=N–C) groups is 1. The Morgan fingerprint density at radius 1 is 1.30 bits per heavy atom. The first kappa shape index (κ1) is 19.9. The highest BCUT2D eigenvalue weighted by molar-refractivity contribution is 8.13. The molecule has 2 heterocycles. The molecule has 27 heavy (non-hydrogen) atoms. The molecular formula is C19H18N6OS. The zero-order chi connectivity index (χ0) is 19.6. The zero-order valence-electron chi connectivity index (χ0n) is 14.9. The number of carbonyl (C=O) groups is 1. The minimum absolute atomic E-state index is 0.483. The van der Waals surface area contributed by atoms with Crippen molar-refractivity contribution in [2.24, 2.45) is 10.7 Å². The summed E-state index contributed by atoms with van der Waals surface area (Å²) in [5, 5.41) is 12.2. The Morgan fingerprint density at radius 3 is 2.74 bits per heavy atom. The van der Waals surface area contributed by atoms with E-state index in [0.29, 0.717) is 22.8 Å². The van der Waals surface area contributed by atoms with Crippen LogP contribution >= 0.6 is 11.8 Å². The number of fused-ring (bicyclic) bond motifs is 1. The van der Waals surface area contributed by atoms with Crippen LogP contribution in [0, 0.1) is 18.3 Å². The molecule has 136 valence electrons. The van der Waals surface area contributed by atoms with E-state index in [1.807, 2.05) is 49.6 Å². The van der Waals surface area contributed by atoms with Crippen molar-refractivity contribution in [2.45, 2.75) is 6.92 Å². The van der Waals surface area contributed by atoms with Crippen LogP contribution in [0.2, 0.25) is 0 Å². The quantitative estimate of drug-likeness (QED) is 0.410. The predicted octanol–water partition coefficient (Wildman–Crippen LogP) is 3.37. The minimum atomic E-state index is 0.483. The summed E-state index contributed by atoms with van der Waals surface area (Å²) < 4.78 is 0. The zero-order valence-corrected chi connectivity index (χ0v) is 15.7. The lowest BCUT2D eigenvalue weighted by atomic mass is 10.2. The molecule has 0 aliphatic rings. The van der Waals surface area contributed by atoms with E-state index in [-0.39, 0.29) is 0 Å². The fraction of sp³-hybridized carbons (Fsp3) is 0.105. The molecule has 8 heteroatoms. The minimum Gasteiger partial charge on any atom is -0.378 e. The average molecular weight is 378 g/mol. The van der Waals surface area contributed by atoms with Gasteiger partial charge >= 0.3 is 0 Å². The van der Waals surface area contributed by atoms with E-state index >= 15 is 0 Å². The molecular weight excluding hydrogens is 360 g/mol. The monoisotopic (exact) mass is 378 g/mol. The lowest BCUT2D eigenvalue weighted by Gasteiger charge is -2.04. The molecule has 0 aliphatic heterocycles. The summed E-state index contributed by atoms with van der Waals surface area (Å²) in [6.07, 6.45) is 5.64. The van der Waals surface area contributed by atoms with E-state index in [9.17, 15) is 4.79 Å². The van der Waals surface area contributed by atoms with Crippen molar-refractivity contribution in [3.05, 3.63) is 60.0 Å². The lowest BCUT2D eigenvalue weighted by Crippen LogP contribution is -2.04. The van der Waals surface area contributed by atoms with Crippen LogP contribution in [0.25, 0.3) is 10.9 Å². The summed E-state index contributed by atoms with van der Waals surface area (Å²) in [6.45, 7) is 1.89. The number of nitrogens with one attached hydrogen (secondary N) is 1. The van der Waals surface area contributed by atoms with Crippen LogP contribution in [-0.2, 0) is 4.79 Å². The molecule has 2 aromatic heterocycles. The second-order valence-electron chi connectivity index (χ2n) is 5.28. The van der Waals surface area contributed by atoms with Crippen molar-refractivity contribution in [2.75, 3.05) is 11.6 Å². The van der Waals surface area contributed by atoms with Gasteiger partial charge in [-0.3, -0.25) is 14.8 Å². The molecule has 0 saturated carbocycles. The van der Waals surface area contributed by atoms with Gasteiger partial charge in [0.15, 0.2) is 5.17 Å². The maximum Gasteiger partial charge on any atom is 0.211 e. The SMILES string of the molecule is CSC(N)=Nc1cccc2ncc(NC=O)cc12.Cc1ccc(C#N)cn1. The molecule has 0 saturated heterocycles. The van der Waals surface area contributed by atoms with Gasteiger partial charge in [0.25, 0.3) is 0 Å². The Kier molecular flexibility index (Phi) is 7.28. The highest BCUT2D eigenvalue weighted by Crippen LogP contribution is 2.27. The topological polar surface area (TPSA) is 117 Å². The van der Waals surface area contributed by atoms with Crippen LogP contribution in [0.1, 0.15) is 11.3 Å². The van der Waals surface area contributed by atoms with Gasteiger partial charge in [-0.2, -0.15) is 5.26 Å². The largest absolute Gasteiger partial charge is 0.378 e. The summed E-state index contributed by atoms with van der Waals surface area (Å²) >= 11 is 1.38. The molecule has 0 aliphatic carbocycles. The number of anilines is 1. The summed E-state index contributed by atoms with van der Waals surface area (Å²) in [6, 6.07) is 13.0. The van der Waals surface area contributed by atoms with E-state index in [0.717, 1.165) is 22.3 Å². The molecule has 7 nitrogen and oxygen atoms in total. The number of carbonyl (C=O) groups excluding carboxylic acids is 1. The van der Waals surface area contributed by atoms with Crippen molar-refractivity contribution >= 4 is 45.6 Å². The van der Waals surface area contributed by atoms with Gasteiger partial charge in [0.2, 0.25) is 6.41 Å². The number of pyridine rings is 2. The van der Waals surface area contributed by atoms with Crippen LogP contribution in [0.5, 0.6) is 0 Å². The van der Waals surface area contributed by atoms with Gasteiger partial charge in [-0.05, 0) is 43.5 Å². The molecule has 0 spiro atoms. The summed E-state index contributed by atoms with van der Waals surface area (Å²) in [7, 11) is 0. The molecule has 0 unspecified atom stereocenters. The average Bonchev–Trinajstić information content (AvgIpc) is 2.69. The number of nitrogens with two attached hydrogens (primary N) is 1. The number of aryl methyl sites for hydroxylation is 1. The van der Waals surface area contributed by atoms with Crippen molar-refractivity contribution in [1.29, 1.82) is 5.26 Å². The summed E-state index contributed by atoms with van der Waals surface area (Å²) in [5.41, 5.74) is 9.44. The van der Waals surface area contributed by atoms with E-state index < -0.39 is 0 Å². The third-order valence-corrected chi connectivity index (χ3v) is 3.92. The number of benzene rings is 1. The third-order valence-electron chi connectivity index (χ3n) is 3.41. The van der Waals surface area contributed by atoms with Gasteiger partial charge < -0.3 is 11.1 Å². The first-order valence-electron chi connectivity index (χ1n) is 7.87. The van der Waals surface area contributed by atoms with E-state index in [4.69, 9.17) is 11.0 Å². The fourth-order valence-electron chi connectivity index (χ4n) is 2.08. The summed E-state index contributed by atoms with van der Waals surface area (Å²) in [4.78, 5) is 22.9. The Hall–Kier alpha value is -3.44. The number of amidine groups is 1. The Balaban J connectivity index is 0.000000244. The van der Waals surface area contributed by atoms with Crippen molar-refractivity contribution in [3.63, 3.8) is 0 Å². The highest BCUT2D eigenvalue weighted by atomic mass is 32.2. The number of hydrogen-bond donors (Lipinski definition) is 2. The van der Waals surface area contributed by atoms with Crippen molar-refractivity contribution < 1.29 is 4.79 Å². The molecule has 3 rings (SSSR count). The number of aromatic nitrogens is 2. The van der Waals surface area contributed by atoms with Gasteiger partial charge in [-0.25, -0.2) is 4.99 Å². The number of nitrogens with zero attached hydrogens (tertiary/aromatic N) is 4. The van der Waals surface area contributed by atoms with Gasteiger partial charge in [-0.15, -0.1) is 0 Å². The molecule has 3 N–H and O–H groups in total. The fourth-order valence-corrected chi connectivity index (χ4v) is 2.27. The lowest BCUT2D eigenvalue weighted by molar-refractivity contribution is -0.105. The van der Waals surface area contributed by atoms with Crippen LogP contribution in [0.3, 0.4) is 0 Å². The van der Waals surface area contributed by atoms with E-state index in [2.05, 4.69) is 20.3 Å². The Bertz CT molecular complexity index is 995. The van der Waals surface area contributed by atoms with Gasteiger partial charge in [0, 0.05) is 17.3 Å². The maximum absolute atomic E-state index is 10.4. The molecule has 1 aromatic carbocycles. The second-order valence-corrected chi connectivity index (χ2v) is 6.11. The first-order chi connectivity index (χ1) is 13.1. The highest BCUT2D eigenvalue weighted by Gasteiger charge is 2.03. The number of thioether (sulfide) groups is 1. The molecule has 1 amide bonds. The number of rotatable bonds is 3. The standard InChI is InChI=1S/C12H12N4OS.C7H6N2/c1-18-12(13)16-11-4-2-3-10-9(11)5-8(6-14-10)15-7-17;1-6-2-3-7(4-8)5-9-6/h2-7H,1H3,(H2,13,16)(H,15,17);2-3,5H,1H3. The molecule has 3 aromatic rings. The van der Waals surface area contributed by atoms with Crippen LogP contribution in [0.15, 0.2) is 53.8 Å². The van der Waals surface area contributed by atoms with Crippen molar-refractivity contribution in [3.8, 4) is 6.07 Å². The number of amides is 1. The molecule has 0 fully saturated rings. The third kappa shape index (κ3) is 5.80. The molecule has 0 atom stereocenters. The predicted molar refractivity (Wildman–Crippen MR) is 110 cm³/mol. The summed E-state index contributed by atoms with van der Waals surface area (Å²) in [5.74, 6) is 0. The van der Waals surface area contributed by atoms with E-state index in [1.165, 1.54) is 11.8 Å². The Labute approximate surface area is 161 Å². The van der Waals surface area contributed by atoms with Gasteiger partial charge in [0.1, 0.15) is 6.07 Å². The van der Waals surface area contributed by atoms with Crippen molar-refractivity contribution in [1.82, 2.24) is 9.97 Å².